The molecule has 0 bridgehead atoms. The number of nitrogens with two attached hydrogens (primary N) is 1. The quantitative estimate of drug-likeness (QED) is 0.747. The first-order valence-electron chi connectivity index (χ1n) is 5.45. The number of aromatic nitrogens is 4. The van der Waals surface area contributed by atoms with Crippen molar-refractivity contribution in [1.82, 2.24) is 19.6 Å². The van der Waals surface area contributed by atoms with Crippen LogP contribution in [0.15, 0.2) is 42.9 Å². The van der Waals surface area contributed by atoms with E-state index in [2.05, 4.69) is 15.1 Å². The van der Waals surface area contributed by atoms with Crippen LogP contribution in [-0.4, -0.2) is 19.6 Å². The molecule has 0 atom stereocenters. The summed E-state index contributed by atoms with van der Waals surface area (Å²) in [7, 11) is 0. The lowest BCUT2D eigenvalue weighted by Crippen LogP contribution is -1.98. The smallest absolute Gasteiger partial charge is 0.189 e. The number of rotatable bonds is 3. The summed E-state index contributed by atoms with van der Waals surface area (Å²) < 4.78 is 7.16. The monoisotopic (exact) mass is 241 g/mol. The first-order valence-corrected chi connectivity index (χ1v) is 5.45. The third kappa shape index (κ3) is 2.08. The molecule has 3 aromatic rings. The Morgan fingerprint density at radius 1 is 1.28 bits per heavy atom. The second-order valence-electron chi connectivity index (χ2n) is 3.77. The molecule has 0 aliphatic carbocycles. The summed E-state index contributed by atoms with van der Waals surface area (Å²) in [5.74, 6) is 1.29. The van der Waals surface area contributed by atoms with Gasteiger partial charge in [-0.25, -0.2) is 9.50 Å². The molecule has 0 saturated heterocycles. The molecule has 3 aromatic heterocycles. The van der Waals surface area contributed by atoms with E-state index in [9.17, 15) is 0 Å². The molecular weight excluding hydrogens is 230 g/mol. The van der Waals surface area contributed by atoms with Crippen molar-refractivity contribution < 1.29 is 4.74 Å². The third-order valence-corrected chi connectivity index (χ3v) is 2.40. The van der Waals surface area contributed by atoms with Crippen LogP contribution in [0.2, 0.25) is 0 Å². The van der Waals surface area contributed by atoms with Gasteiger partial charge in [-0.2, -0.15) is 0 Å². The predicted octanol–water partition coefficient (Wildman–Crippen LogP) is 1.29. The Bertz CT molecular complexity index is 665. The van der Waals surface area contributed by atoms with Crippen molar-refractivity contribution in [3.05, 3.63) is 48.7 Å². The number of nitrogens with zero attached hydrogens (tertiary/aromatic N) is 4. The van der Waals surface area contributed by atoms with Crippen LogP contribution in [0.3, 0.4) is 0 Å². The summed E-state index contributed by atoms with van der Waals surface area (Å²) in [6, 6.07) is 7.25. The number of nitrogen functional groups attached to an aromatic ring is 1. The summed E-state index contributed by atoms with van der Waals surface area (Å²) in [5, 5.41) is 4.27. The van der Waals surface area contributed by atoms with E-state index in [-0.39, 0.29) is 0 Å². The Hall–Kier alpha value is -2.63. The highest BCUT2D eigenvalue weighted by Gasteiger charge is 2.04. The summed E-state index contributed by atoms with van der Waals surface area (Å²) in [5.41, 5.74) is 7.06. The Kier molecular flexibility index (Phi) is 2.53. The molecule has 0 aliphatic heterocycles. The van der Waals surface area contributed by atoms with Crippen LogP contribution in [0.4, 0.5) is 5.69 Å². The minimum atomic E-state index is 0.299. The van der Waals surface area contributed by atoms with Gasteiger partial charge in [0.1, 0.15) is 12.4 Å². The SMILES string of the molecule is Nc1ccc2nc(COc3cccnc3)nn2c1. The molecule has 18 heavy (non-hydrogen) atoms. The minimum Gasteiger partial charge on any atom is -0.484 e. The van der Waals surface area contributed by atoms with Gasteiger partial charge in [0.2, 0.25) is 0 Å². The zero-order valence-electron chi connectivity index (χ0n) is 9.52. The molecule has 0 fully saturated rings. The summed E-state index contributed by atoms with van der Waals surface area (Å²) in [6.45, 7) is 0.299. The fraction of sp³-hybridized carbons (Fsp3) is 0.0833. The van der Waals surface area contributed by atoms with Crippen LogP contribution in [0.1, 0.15) is 5.82 Å². The van der Waals surface area contributed by atoms with E-state index in [1.807, 2.05) is 18.2 Å². The number of ether oxygens (including phenoxy) is 1. The Labute approximate surface area is 103 Å². The highest BCUT2D eigenvalue weighted by atomic mass is 16.5. The van der Waals surface area contributed by atoms with Crippen LogP contribution in [0, 0.1) is 0 Å². The van der Waals surface area contributed by atoms with Crippen molar-refractivity contribution in [3.8, 4) is 5.75 Å². The maximum absolute atomic E-state index is 5.67. The van der Waals surface area contributed by atoms with Crippen LogP contribution in [-0.2, 0) is 6.61 Å². The molecule has 2 N–H and O–H groups in total. The molecule has 0 aliphatic rings. The normalized spacial score (nSPS) is 10.7. The topological polar surface area (TPSA) is 78.3 Å². The number of hydrogen-bond donors (Lipinski definition) is 1. The molecule has 0 aromatic carbocycles. The van der Waals surface area contributed by atoms with Crippen LogP contribution < -0.4 is 10.5 Å². The first-order chi connectivity index (χ1) is 8.81. The van der Waals surface area contributed by atoms with Crippen molar-refractivity contribution in [3.63, 3.8) is 0 Å². The van der Waals surface area contributed by atoms with Gasteiger partial charge in [-0.3, -0.25) is 4.98 Å². The van der Waals surface area contributed by atoms with E-state index in [0.717, 1.165) is 5.65 Å². The van der Waals surface area contributed by atoms with Gasteiger partial charge in [0.15, 0.2) is 11.5 Å². The first kappa shape index (κ1) is 10.5. The number of pyridine rings is 2. The van der Waals surface area contributed by atoms with Crippen molar-refractivity contribution in [1.29, 1.82) is 0 Å². The summed E-state index contributed by atoms with van der Waals surface area (Å²) in [4.78, 5) is 8.28. The van der Waals surface area contributed by atoms with Crippen molar-refractivity contribution >= 4 is 11.3 Å². The zero-order valence-corrected chi connectivity index (χ0v) is 9.52. The second-order valence-corrected chi connectivity index (χ2v) is 3.77. The van der Waals surface area contributed by atoms with Crippen molar-refractivity contribution in [2.75, 3.05) is 5.73 Å². The maximum Gasteiger partial charge on any atom is 0.189 e. The van der Waals surface area contributed by atoms with Crippen LogP contribution in [0.25, 0.3) is 5.65 Å². The molecule has 3 rings (SSSR count). The second kappa shape index (κ2) is 4.33. The van der Waals surface area contributed by atoms with E-state index < -0.39 is 0 Å². The van der Waals surface area contributed by atoms with Crippen LogP contribution >= 0.6 is 0 Å². The van der Waals surface area contributed by atoms with Gasteiger partial charge >= 0.3 is 0 Å². The van der Waals surface area contributed by atoms with Gasteiger partial charge in [-0.15, -0.1) is 5.10 Å². The van der Waals surface area contributed by atoms with E-state index in [1.54, 1.807) is 29.2 Å². The number of hydrogen-bond acceptors (Lipinski definition) is 5. The lowest BCUT2D eigenvalue weighted by atomic mass is 10.4. The van der Waals surface area contributed by atoms with Crippen LogP contribution in [0.5, 0.6) is 5.75 Å². The van der Waals surface area contributed by atoms with Gasteiger partial charge in [0.05, 0.1) is 18.1 Å². The Morgan fingerprint density at radius 2 is 2.22 bits per heavy atom. The Morgan fingerprint density at radius 3 is 3.06 bits per heavy atom. The van der Waals surface area contributed by atoms with Gasteiger partial charge in [-0.1, -0.05) is 0 Å². The predicted molar refractivity (Wildman–Crippen MR) is 66.0 cm³/mol. The molecule has 0 saturated carbocycles. The molecule has 0 spiro atoms. The standard InChI is InChI=1S/C12H11N5O/c13-9-3-4-12-15-11(16-17(12)7-9)8-18-10-2-1-5-14-6-10/h1-7H,8,13H2. The van der Waals surface area contributed by atoms with Crippen molar-refractivity contribution in [2.45, 2.75) is 6.61 Å². The fourth-order valence-corrected chi connectivity index (χ4v) is 1.59. The highest BCUT2D eigenvalue weighted by Crippen LogP contribution is 2.10. The van der Waals surface area contributed by atoms with Gasteiger partial charge in [-0.05, 0) is 24.3 Å². The molecule has 0 unspecified atom stereocenters. The van der Waals surface area contributed by atoms with E-state index in [1.165, 1.54) is 0 Å². The lowest BCUT2D eigenvalue weighted by Gasteiger charge is -2.00. The molecule has 6 heteroatoms. The number of fused-ring (bicyclic) bond motifs is 1. The largest absolute Gasteiger partial charge is 0.484 e. The Balaban J connectivity index is 1.79. The van der Waals surface area contributed by atoms with Gasteiger partial charge in [0.25, 0.3) is 0 Å². The minimum absolute atomic E-state index is 0.299. The third-order valence-electron chi connectivity index (χ3n) is 2.40. The molecule has 0 radical (unpaired) electrons. The van der Waals surface area contributed by atoms with Gasteiger partial charge in [0, 0.05) is 6.20 Å². The summed E-state index contributed by atoms with van der Waals surface area (Å²) >= 11 is 0. The molecular formula is C12H11N5O. The van der Waals surface area contributed by atoms with E-state index in [4.69, 9.17) is 10.5 Å². The highest BCUT2D eigenvalue weighted by molar-refractivity contribution is 5.46. The summed E-state index contributed by atoms with van der Waals surface area (Å²) in [6.07, 6.45) is 5.06. The molecule has 0 amide bonds. The molecule has 6 nitrogen and oxygen atoms in total. The molecule has 90 valence electrons. The average Bonchev–Trinajstić information content (AvgIpc) is 2.79. The lowest BCUT2D eigenvalue weighted by molar-refractivity contribution is 0.295. The average molecular weight is 241 g/mol. The van der Waals surface area contributed by atoms with E-state index in [0.29, 0.717) is 23.9 Å². The van der Waals surface area contributed by atoms with Gasteiger partial charge < -0.3 is 10.5 Å². The number of anilines is 1. The van der Waals surface area contributed by atoms with Crippen molar-refractivity contribution in [2.24, 2.45) is 0 Å². The maximum atomic E-state index is 5.67. The molecule has 3 heterocycles. The van der Waals surface area contributed by atoms with E-state index >= 15 is 0 Å². The zero-order chi connectivity index (χ0) is 12.4. The fourth-order valence-electron chi connectivity index (χ4n) is 1.59.